The van der Waals surface area contributed by atoms with Crippen molar-refractivity contribution in [2.45, 2.75) is 11.8 Å². The minimum Gasteiger partial charge on any atom is -0.744 e. The zero-order chi connectivity index (χ0) is 16.4. The Labute approximate surface area is 156 Å². The number of aromatic nitrogens is 1. The molecule has 8 heteroatoms. The van der Waals surface area contributed by atoms with Crippen LogP contribution in [-0.2, 0) is 10.1 Å². The summed E-state index contributed by atoms with van der Waals surface area (Å²) in [6.45, 7) is 2.03. The third-order valence-electron chi connectivity index (χ3n) is 3.25. The standard InChI is InChI=1S/C16H14N2O3S2.Li/c1-11-2-4-12(5-3-11)15-10-22-16(18-15)17-13-6-8-14(9-7-13)23(19,20)21;/h2-10H,1H3,(H,17,18)(H,19,20,21);/q;+1/p-1. The van der Waals surface area contributed by atoms with Gasteiger partial charge in [0.25, 0.3) is 0 Å². The molecule has 0 amide bonds. The maximum Gasteiger partial charge on any atom is 1.00 e. The number of benzene rings is 2. The Morgan fingerprint density at radius 3 is 2.25 bits per heavy atom. The molecule has 0 aliphatic rings. The van der Waals surface area contributed by atoms with Gasteiger partial charge in [-0.05, 0) is 31.2 Å². The Bertz CT molecular complexity index is 921. The summed E-state index contributed by atoms with van der Waals surface area (Å²) in [4.78, 5) is 4.26. The molecule has 0 aliphatic heterocycles. The summed E-state index contributed by atoms with van der Waals surface area (Å²) in [6.07, 6.45) is 0. The molecular weight excluding hydrogens is 339 g/mol. The Morgan fingerprint density at radius 1 is 1.04 bits per heavy atom. The average Bonchev–Trinajstić information content (AvgIpc) is 2.96. The van der Waals surface area contributed by atoms with Crippen LogP contribution in [-0.4, -0.2) is 18.0 Å². The molecular formula is C16H13LiN2O3S2. The van der Waals surface area contributed by atoms with Gasteiger partial charge in [-0.3, -0.25) is 0 Å². The average molecular weight is 352 g/mol. The molecule has 2 aromatic carbocycles. The van der Waals surface area contributed by atoms with Crippen molar-refractivity contribution in [3.63, 3.8) is 0 Å². The van der Waals surface area contributed by atoms with Crippen molar-refractivity contribution < 1.29 is 31.8 Å². The minimum atomic E-state index is -4.42. The summed E-state index contributed by atoms with van der Waals surface area (Å²) in [5.41, 5.74) is 3.77. The third-order valence-corrected chi connectivity index (χ3v) is 4.85. The van der Waals surface area contributed by atoms with Crippen molar-refractivity contribution in [3.8, 4) is 11.3 Å². The molecule has 118 valence electrons. The van der Waals surface area contributed by atoms with Crippen LogP contribution < -0.4 is 24.2 Å². The second-order valence-corrected chi connectivity index (χ2v) is 7.25. The Hall–Kier alpha value is -1.62. The number of aryl methyl sites for hydroxylation is 1. The van der Waals surface area contributed by atoms with Crippen LogP contribution in [0.5, 0.6) is 0 Å². The fourth-order valence-corrected chi connectivity index (χ4v) is 3.23. The first-order valence-electron chi connectivity index (χ1n) is 6.77. The number of hydrogen-bond acceptors (Lipinski definition) is 6. The van der Waals surface area contributed by atoms with Gasteiger partial charge in [-0.25, -0.2) is 13.4 Å². The second-order valence-electron chi connectivity index (χ2n) is 5.01. The zero-order valence-electron chi connectivity index (χ0n) is 13.2. The van der Waals surface area contributed by atoms with Crippen molar-refractivity contribution in [3.05, 3.63) is 59.5 Å². The third kappa shape index (κ3) is 4.47. The maximum absolute atomic E-state index is 10.9. The van der Waals surface area contributed by atoms with Gasteiger partial charge in [-0.1, -0.05) is 29.8 Å². The molecule has 0 saturated heterocycles. The molecule has 3 aromatic rings. The molecule has 0 bridgehead atoms. The van der Waals surface area contributed by atoms with Gasteiger partial charge in [-0.15, -0.1) is 11.3 Å². The van der Waals surface area contributed by atoms with Crippen LogP contribution in [0.4, 0.5) is 10.8 Å². The molecule has 1 N–H and O–H groups in total. The van der Waals surface area contributed by atoms with Gasteiger partial charge >= 0.3 is 18.9 Å². The summed E-state index contributed by atoms with van der Waals surface area (Å²) in [7, 11) is -4.42. The maximum atomic E-state index is 10.9. The van der Waals surface area contributed by atoms with Crippen molar-refractivity contribution in [1.29, 1.82) is 0 Å². The molecule has 0 radical (unpaired) electrons. The van der Waals surface area contributed by atoms with Crippen LogP contribution in [0, 0.1) is 6.92 Å². The predicted octanol–water partition coefficient (Wildman–Crippen LogP) is 0.770. The van der Waals surface area contributed by atoms with Gasteiger partial charge in [0.2, 0.25) is 0 Å². The largest absolute Gasteiger partial charge is 1.00 e. The van der Waals surface area contributed by atoms with Crippen LogP contribution in [0.25, 0.3) is 11.3 Å². The summed E-state index contributed by atoms with van der Waals surface area (Å²) in [5.74, 6) is 0. The van der Waals surface area contributed by atoms with E-state index in [1.165, 1.54) is 41.2 Å². The molecule has 0 fully saturated rings. The van der Waals surface area contributed by atoms with E-state index < -0.39 is 10.1 Å². The molecule has 0 aliphatic carbocycles. The van der Waals surface area contributed by atoms with Crippen LogP contribution in [0.1, 0.15) is 5.56 Å². The first kappa shape index (κ1) is 18.7. The number of nitrogens with one attached hydrogen (secondary N) is 1. The van der Waals surface area contributed by atoms with Gasteiger partial charge in [-0.2, -0.15) is 0 Å². The molecule has 24 heavy (non-hydrogen) atoms. The van der Waals surface area contributed by atoms with Crippen LogP contribution in [0.2, 0.25) is 0 Å². The zero-order valence-corrected chi connectivity index (χ0v) is 14.8. The van der Waals surface area contributed by atoms with Gasteiger partial charge in [0.1, 0.15) is 10.1 Å². The number of thiazole rings is 1. The predicted molar refractivity (Wildman–Crippen MR) is 90.0 cm³/mol. The van der Waals surface area contributed by atoms with E-state index in [1.807, 2.05) is 36.6 Å². The monoisotopic (exact) mass is 352 g/mol. The number of anilines is 2. The molecule has 0 atom stereocenters. The molecule has 1 aromatic heterocycles. The quantitative estimate of drug-likeness (QED) is 0.554. The van der Waals surface area contributed by atoms with Crippen molar-refractivity contribution in [2.24, 2.45) is 0 Å². The Morgan fingerprint density at radius 2 is 1.67 bits per heavy atom. The molecule has 5 nitrogen and oxygen atoms in total. The normalized spacial score (nSPS) is 10.9. The van der Waals surface area contributed by atoms with E-state index in [0.717, 1.165) is 11.3 Å². The topological polar surface area (TPSA) is 82.1 Å². The smallest absolute Gasteiger partial charge is 0.744 e. The minimum absolute atomic E-state index is 0. The van der Waals surface area contributed by atoms with E-state index in [0.29, 0.717) is 10.8 Å². The van der Waals surface area contributed by atoms with Crippen molar-refractivity contribution in [1.82, 2.24) is 4.98 Å². The molecule has 0 unspecified atom stereocenters. The Kier molecular flexibility index (Phi) is 5.86. The van der Waals surface area contributed by atoms with Crippen LogP contribution >= 0.6 is 11.3 Å². The van der Waals surface area contributed by atoms with Crippen molar-refractivity contribution >= 4 is 32.3 Å². The molecule has 0 spiro atoms. The van der Waals surface area contributed by atoms with Gasteiger partial charge in [0.15, 0.2) is 5.13 Å². The van der Waals surface area contributed by atoms with E-state index in [2.05, 4.69) is 10.3 Å². The van der Waals surface area contributed by atoms with Crippen LogP contribution in [0.3, 0.4) is 0 Å². The fourth-order valence-electron chi connectivity index (χ4n) is 2.02. The van der Waals surface area contributed by atoms with E-state index in [-0.39, 0.29) is 23.8 Å². The van der Waals surface area contributed by atoms with Crippen molar-refractivity contribution in [2.75, 3.05) is 5.32 Å². The van der Waals surface area contributed by atoms with Gasteiger partial charge in [0.05, 0.1) is 10.6 Å². The molecule has 3 rings (SSSR count). The van der Waals surface area contributed by atoms with Crippen LogP contribution in [0.15, 0.2) is 58.8 Å². The van der Waals surface area contributed by atoms with Gasteiger partial charge < -0.3 is 9.87 Å². The second kappa shape index (κ2) is 7.51. The van der Waals surface area contributed by atoms with Gasteiger partial charge in [0, 0.05) is 16.6 Å². The summed E-state index contributed by atoms with van der Waals surface area (Å²) in [6, 6.07) is 13.7. The molecule has 1 heterocycles. The molecule has 0 saturated carbocycles. The van der Waals surface area contributed by atoms with E-state index in [4.69, 9.17) is 0 Å². The van der Waals surface area contributed by atoms with E-state index in [9.17, 15) is 13.0 Å². The number of rotatable bonds is 4. The summed E-state index contributed by atoms with van der Waals surface area (Å²) < 4.78 is 32.7. The number of nitrogens with zero attached hydrogens (tertiary/aromatic N) is 1. The fraction of sp³-hybridized carbons (Fsp3) is 0.0625. The van der Waals surface area contributed by atoms with E-state index >= 15 is 0 Å². The SMILES string of the molecule is Cc1ccc(-c2csc(Nc3ccc(S(=O)(=O)[O-])cc3)n2)cc1.[Li+]. The first-order chi connectivity index (χ1) is 10.9. The van der Waals surface area contributed by atoms with E-state index in [1.54, 1.807) is 0 Å². The summed E-state index contributed by atoms with van der Waals surface area (Å²) >= 11 is 1.45. The first-order valence-corrected chi connectivity index (χ1v) is 9.06. The Balaban J connectivity index is 0.00000208. The summed E-state index contributed by atoms with van der Waals surface area (Å²) in [5, 5.41) is 5.74. The number of hydrogen-bond donors (Lipinski definition) is 1.